The summed E-state index contributed by atoms with van der Waals surface area (Å²) in [6.45, 7) is 9.10. The van der Waals surface area contributed by atoms with Gasteiger partial charge in [0.2, 0.25) is 0 Å². The lowest BCUT2D eigenvalue weighted by atomic mass is 9.67. The zero-order valence-electron chi connectivity index (χ0n) is 10.8. The summed E-state index contributed by atoms with van der Waals surface area (Å²) < 4.78 is 0. The smallest absolute Gasteiger partial charge is 0.0689 e. The van der Waals surface area contributed by atoms with Crippen LogP contribution in [0.2, 0.25) is 0 Å². The van der Waals surface area contributed by atoms with Crippen LogP contribution in [0, 0.1) is 28.1 Å². The van der Waals surface area contributed by atoms with Gasteiger partial charge in [-0.3, -0.25) is 0 Å². The molecule has 1 heteroatoms. The quantitative estimate of drug-likeness (QED) is 0.652. The van der Waals surface area contributed by atoms with Crippen LogP contribution in [0.1, 0.15) is 66.2 Å². The molecule has 0 saturated heterocycles. The van der Waals surface area contributed by atoms with E-state index in [4.69, 9.17) is 0 Å². The molecule has 0 heterocycles. The van der Waals surface area contributed by atoms with E-state index in [0.717, 1.165) is 25.2 Å². The van der Waals surface area contributed by atoms with E-state index in [1.165, 1.54) is 19.3 Å². The van der Waals surface area contributed by atoms with Gasteiger partial charge in [-0.15, -0.1) is 0 Å². The van der Waals surface area contributed by atoms with Gasteiger partial charge in [-0.2, -0.15) is 5.26 Å². The van der Waals surface area contributed by atoms with Gasteiger partial charge in [-0.25, -0.2) is 0 Å². The highest BCUT2D eigenvalue weighted by Gasteiger charge is 2.35. The molecule has 1 aliphatic rings. The van der Waals surface area contributed by atoms with Gasteiger partial charge in [0, 0.05) is 0 Å². The lowest BCUT2D eigenvalue weighted by Gasteiger charge is -2.36. The largest absolute Gasteiger partial charge is 0.198 e. The molecule has 0 amide bonds. The predicted octanol–water partition coefficient (Wildman–Crippen LogP) is 4.53. The first-order valence-corrected chi connectivity index (χ1v) is 6.28. The molecular formula is C14H25N. The van der Waals surface area contributed by atoms with Crippen molar-refractivity contribution in [1.82, 2.24) is 0 Å². The highest BCUT2D eigenvalue weighted by Crippen LogP contribution is 2.44. The number of rotatable bonds is 2. The van der Waals surface area contributed by atoms with E-state index in [2.05, 4.69) is 33.8 Å². The summed E-state index contributed by atoms with van der Waals surface area (Å²) in [6.07, 6.45) is 7.09. The topological polar surface area (TPSA) is 23.8 Å². The van der Waals surface area contributed by atoms with E-state index in [9.17, 15) is 5.26 Å². The summed E-state index contributed by atoms with van der Waals surface area (Å²) in [5, 5.41) is 9.41. The van der Waals surface area contributed by atoms with Gasteiger partial charge in [0.25, 0.3) is 0 Å². The molecule has 0 aliphatic heterocycles. The minimum Gasteiger partial charge on any atom is -0.198 e. The van der Waals surface area contributed by atoms with Crippen molar-refractivity contribution in [3.63, 3.8) is 0 Å². The van der Waals surface area contributed by atoms with Crippen LogP contribution in [0.5, 0.6) is 0 Å². The van der Waals surface area contributed by atoms with E-state index in [-0.39, 0.29) is 5.41 Å². The summed E-state index contributed by atoms with van der Waals surface area (Å²) in [5.41, 5.74) is 0.371. The molecule has 1 rings (SSSR count). The van der Waals surface area contributed by atoms with Gasteiger partial charge >= 0.3 is 0 Å². The minimum absolute atomic E-state index is 0.00491. The van der Waals surface area contributed by atoms with E-state index in [1.54, 1.807) is 0 Å². The second-order valence-corrected chi connectivity index (χ2v) is 6.65. The van der Waals surface area contributed by atoms with Crippen LogP contribution < -0.4 is 0 Å². The Hall–Kier alpha value is -0.510. The molecule has 2 unspecified atom stereocenters. The Morgan fingerprint density at radius 1 is 1.40 bits per heavy atom. The van der Waals surface area contributed by atoms with E-state index in [1.807, 2.05) is 0 Å². The Balaban J connectivity index is 2.57. The first-order valence-electron chi connectivity index (χ1n) is 6.28. The third-order valence-corrected chi connectivity index (χ3v) is 3.68. The highest BCUT2D eigenvalue weighted by atomic mass is 14.4. The van der Waals surface area contributed by atoms with Crippen molar-refractivity contribution < 1.29 is 0 Å². The summed E-state index contributed by atoms with van der Waals surface area (Å²) in [7, 11) is 0. The van der Waals surface area contributed by atoms with Crippen LogP contribution in [0.15, 0.2) is 0 Å². The fraction of sp³-hybridized carbons (Fsp3) is 0.929. The fourth-order valence-electron chi connectivity index (χ4n) is 2.66. The van der Waals surface area contributed by atoms with Crippen LogP contribution in [-0.4, -0.2) is 0 Å². The van der Waals surface area contributed by atoms with Gasteiger partial charge in [-0.1, -0.05) is 40.5 Å². The number of nitriles is 1. The van der Waals surface area contributed by atoms with Crippen molar-refractivity contribution in [3.05, 3.63) is 0 Å². The molecule has 1 saturated carbocycles. The van der Waals surface area contributed by atoms with Gasteiger partial charge in [0.15, 0.2) is 0 Å². The second kappa shape index (κ2) is 4.56. The summed E-state index contributed by atoms with van der Waals surface area (Å²) in [5.74, 6) is 0.748. The molecule has 0 radical (unpaired) electrons. The van der Waals surface area contributed by atoms with E-state index in [0.29, 0.717) is 5.41 Å². The van der Waals surface area contributed by atoms with Crippen molar-refractivity contribution in [2.24, 2.45) is 16.7 Å². The summed E-state index contributed by atoms with van der Waals surface area (Å²) >= 11 is 0. The van der Waals surface area contributed by atoms with Crippen molar-refractivity contribution in [2.45, 2.75) is 66.2 Å². The number of hydrogen-bond donors (Lipinski definition) is 0. The summed E-state index contributed by atoms with van der Waals surface area (Å²) in [4.78, 5) is 0. The normalized spacial score (nSPS) is 32.3. The molecular weight excluding hydrogens is 182 g/mol. The monoisotopic (exact) mass is 207 g/mol. The Bertz CT molecular complexity index is 243. The SMILES string of the molecule is CC1CCCC(C#N)(CCC(C)(C)C)C1. The molecule has 0 spiro atoms. The van der Waals surface area contributed by atoms with Crippen molar-refractivity contribution >= 4 is 0 Å². The molecule has 0 N–H and O–H groups in total. The van der Waals surface area contributed by atoms with E-state index >= 15 is 0 Å². The maximum Gasteiger partial charge on any atom is 0.0689 e. The molecule has 1 fully saturated rings. The summed E-state index contributed by atoms with van der Waals surface area (Å²) in [6, 6.07) is 2.62. The van der Waals surface area contributed by atoms with Crippen LogP contribution in [0.4, 0.5) is 0 Å². The second-order valence-electron chi connectivity index (χ2n) is 6.65. The highest BCUT2D eigenvalue weighted by molar-refractivity contribution is 5.02. The standard InChI is InChI=1S/C14H25N/c1-12-6-5-7-14(10-12,11-15)9-8-13(2,3)4/h12H,5-10H2,1-4H3. The predicted molar refractivity (Wildman–Crippen MR) is 64.4 cm³/mol. The molecule has 86 valence electrons. The van der Waals surface area contributed by atoms with Gasteiger partial charge in [0.1, 0.15) is 0 Å². The fourth-order valence-corrected chi connectivity index (χ4v) is 2.66. The minimum atomic E-state index is 0.00491. The molecule has 2 atom stereocenters. The molecule has 0 aromatic rings. The first kappa shape index (κ1) is 12.6. The van der Waals surface area contributed by atoms with Crippen LogP contribution in [0.25, 0.3) is 0 Å². The van der Waals surface area contributed by atoms with Gasteiger partial charge in [0.05, 0.1) is 11.5 Å². The number of nitrogens with zero attached hydrogens (tertiary/aromatic N) is 1. The van der Waals surface area contributed by atoms with E-state index < -0.39 is 0 Å². The van der Waals surface area contributed by atoms with Crippen molar-refractivity contribution in [1.29, 1.82) is 5.26 Å². The Kier molecular flexibility index (Phi) is 3.82. The van der Waals surface area contributed by atoms with Crippen LogP contribution >= 0.6 is 0 Å². The Morgan fingerprint density at radius 3 is 2.53 bits per heavy atom. The van der Waals surface area contributed by atoms with Crippen LogP contribution in [-0.2, 0) is 0 Å². The molecule has 1 aliphatic carbocycles. The van der Waals surface area contributed by atoms with Crippen LogP contribution in [0.3, 0.4) is 0 Å². The molecule has 0 aromatic heterocycles. The molecule has 1 nitrogen and oxygen atoms in total. The van der Waals surface area contributed by atoms with Crippen molar-refractivity contribution in [2.75, 3.05) is 0 Å². The maximum absolute atomic E-state index is 9.41. The number of hydrogen-bond acceptors (Lipinski definition) is 1. The zero-order chi connectivity index (χ0) is 11.5. The van der Waals surface area contributed by atoms with Gasteiger partial charge < -0.3 is 0 Å². The Labute approximate surface area is 94.9 Å². The molecule has 0 bridgehead atoms. The third-order valence-electron chi connectivity index (χ3n) is 3.68. The lowest BCUT2D eigenvalue weighted by Crippen LogP contribution is -2.27. The maximum atomic E-state index is 9.41. The van der Waals surface area contributed by atoms with Crippen molar-refractivity contribution in [3.8, 4) is 6.07 Å². The first-order chi connectivity index (χ1) is 6.87. The average Bonchev–Trinajstić information content (AvgIpc) is 2.14. The molecule has 0 aromatic carbocycles. The van der Waals surface area contributed by atoms with Gasteiger partial charge in [-0.05, 0) is 37.0 Å². The lowest BCUT2D eigenvalue weighted by molar-refractivity contribution is 0.171. The zero-order valence-corrected chi connectivity index (χ0v) is 10.8. The Morgan fingerprint density at radius 2 is 2.07 bits per heavy atom. The average molecular weight is 207 g/mol. The molecule has 15 heavy (non-hydrogen) atoms. The third kappa shape index (κ3) is 3.86.